The van der Waals surface area contributed by atoms with Crippen molar-refractivity contribution in [1.82, 2.24) is 9.55 Å². The SMILES string of the molecule is N#CCc1nc2ccccc2n1CC(O)C(F)(F)F. The number of para-hydroxylation sites is 2. The van der Waals surface area contributed by atoms with Gasteiger partial charge < -0.3 is 9.67 Å². The maximum Gasteiger partial charge on any atom is 0.416 e. The Morgan fingerprint density at radius 1 is 1.37 bits per heavy atom. The van der Waals surface area contributed by atoms with Crippen LogP contribution in [0.2, 0.25) is 0 Å². The van der Waals surface area contributed by atoms with Crippen molar-refractivity contribution in [2.45, 2.75) is 25.2 Å². The fourth-order valence-corrected chi connectivity index (χ4v) is 1.81. The lowest BCUT2D eigenvalue weighted by molar-refractivity contribution is -0.207. The Morgan fingerprint density at radius 2 is 2.05 bits per heavy atom. The van der Waals surface area contributed by atoms with Crippen molar-refractivity contribution < 1.29 is 18.3 Å². The summed E-state index contributed by atoms with van der Waals surface area (Å²) < 4.78 is 38.5. The van der Waals surface area contributed by atoms with Crippen LogP contribution in [0, 0.1) is 11.3 Å². The molecule has 0 amide bonds. The molecule has 1 unspecified atom stereocenters. The van der Waals surface area contributed by atoms with Crippen molar-refractivity contribution >= 4 is 11.0 Å². The van der Waals surface area contributed by atoms with E-state index >= 15 is 0 Å². The molecule has 1 heterocycles. The first kappa shape index (κ1) is 13.4. The fraction of sp³-hybridized carbons (Fsp3) is 0.333. The molecule has 2 aromatic rings. The van der Waals surface area contributed by atoms with Crippen molar-refractivity contribution in [3.63, 3.8) is 0 Å². The molecule has 1 N–H and O–H groups in total. The molecular weight excluding hydrogens is 259 g/mol. The number of aliphatic hydroxyl groups excluding tert-OH is 1. The van der Waals surface area contributed by atoms with Gasteiger partial charge in [-0.25, -0.2) is 4.98 Å². The molecule has 0 fully saturated rings. The first-order valence-corrected chi connectivity index (χ1v) is 5.49. The van der Waals surface area contributed by atoms with Crippen LogP contribution in [0.25, 0.3) is 11.0 Å². The van der Waals surface area contributed by atoms with Crippen LogP contribution in [-0.2, 0) is 13.0 Å². The zero-order valence-corrected chi connectivity index (χ0v) is 9.72. The van der Waals surface area contributed by atoms with Gasteiger partial charge in [-0.3, -0.25) is 0 Å². The smallest absolute Gasteiger partial charge is 0.382 e. The number of rotatable bonds is 3. The van der Waals surface area contributed by atoms with Gasteiger partial charge in [0.15, 0.2) is 6.10 Å². The third-order valence-corrected chi connectivity index (χ3v) is 2.70. The molecule has 100 valence electrons. The molecule has 1 aromatic heterocycles. The Labute approximate surface area is 106 Å². The molecule has 2 rings (SSSR count). The first-order chi connectivity index (χ1) is 8.93. The molecule has 0 saturated heterocycles. The molecule has 0 bridgehead atoms. The average Bonchev–Trinajstić information content (AvgIpc) is 2.67. The van der Waals surface area contributed by atoms with Crippen molar-refractivity contribution in [3.8, 4) is 6.07 Å². The second-order valence-electron chi connectivity index (χ2n) is 4.02. The van der Waals surface area contributed by atoms with Crippen LogP contribution in [0.15, 0.2) is 24.3 Å². The minimum absolute atomic E-state index is 0.112. The van der Waals surface area contributed by atoms with Crippen molar-refractivity contribution in [1.29, 1.82) is 5.26 Å². The van der Waals surface area contributed by atoms with Gasteiger partial charge in [-0.1, -0.05) is 12.1 Å². The van der Waals surface area contributed by atoms with Gasteiger partial charge in [0.05, 0.1) is 30.1 Å². The zero-order chi connectivity index (χ0) is 14.0. The number of benzene rings is 1. The highest BCUT2D eigenvalue weighted by atomic mass is 19.4. The normalized spacial score (nSPS) is 13.4. The molecule has 0 saturated carbocycles. The van der Waals surface area contributed by atoms with Gasteiger partial charge in [0.1, 0.15) is 5.82 Å². The zero-order valence-electron chi connectivity index (χ0n) is 9.72. The van der Waals surface area contributed by atoms with Crippen molar-refractivity contribution in [3.05, 3.63) is 30.1 Å². The summed E-state index contributed by atoms with van der Waals surface area (Å²) in [5.41, 5.74) is 0.971. The van der Waals surface area contributed by atoms with Gasteiger partial charge >= 0.3 is 6.18 Å². The maximum absolute atomic E-state index is 12.4. The van der Waals surface area contributed by atoms with Crippen molar-refractivity contribution in [2.75, 3.05) is 0 Å². The maximum atomic E-state index is 12.4. The highest BCUT2D eigenvalue weighted by molar-refractivity contribution is 5.76. The van der Waals surface area contributed by atoms with Crippen molar-refractivity contribution in [2.24, 2.45) is 0 Å². The fourth-order valence-electron chi connectivity index (χ4n) is 1.81. The van der Waals surface area contributed by atoms with E-state index < -0.39 is 18.8 Å². The van der Waals surface area contributed by atoms with Crippen LogP contribution in [0.1, 0.15) is 5.82 Å². The van der Waals surface area contributed by atoms with E-state index in [4.69, 9.17) is 10.4 Å². The summed E-state index contributed by atoms with van der Waals surface area (Å²) in [5.74, 6) is 0.215. The summed E-state index contributed by atoms with van der Waals surface area (Å²) in [6.07, 6.45) is -7.29. The number of nitrogens with zero attached hydrogens (tertiary/aromatic N) is 3. The summed E-state index contributed by atoms with van der Waals surface area (Å²) in [5, 5.41) is 17.8. The highest BCUT2D eigenvalue weighted by Crippen LogP contribution is 2.24. The summed E-state index contributed by atoms with van der Waals surface area (Å²) in [7, 11) is 0. The molecular formula is C12H10F3N3O. The Balaban J connectivity index is 2.45. The predicted octanol–water partition coefficient (Wildman–Crippen LogP) is 2.03. The Bertz CT molecular complexity index is 627. The van der Waals surface area contributed by atoms with Crippen LogP contribution in [0.4, 0.5) is 13.2 Å². The molecule has 0 aliphatic rings. The van der Waals surface area contributed by atoms with Gasteiger partial charge in [-0.15, -0.1) is 0 Å². The number of aliphatic hydroxyl groups is 1. The van der Waals surface area contributed by atoms with Gasteiger partial charge in [0.25, 0.3) is 0 Å². The number of fused-ring (bicyclic) bond motifs is 1. The van der Waals surface area contributed by atoms with Gasteiger partial charge in [-0.2, -0.15) is 18.4 Å². The first-order valence-electron chi connectivity index (χ1n) is 5.49. The average molecular weight is 269 g/mol. The van der Waals surface area contributed by atoms with E-state index in [-0.39, 0.29) is 12.2 Å². The summed E-state index contributed by atoms with van der Waals surface area (Å²) in [6, 6.07) is 8.47. The van der Waals surface area contributed by atoms with Gasteiger partial charge in [0, 0.05) is 0 Å². The van der Waals surface area contributed by atoms with E-state index in [0.717, 1.165) is 0 Å². The van der Waals surface area contributed by atoms with E-state index in [0.29, 0.717) is 11.0 Å². The number of aromatic nitrogens is 2. The Kier molecular flexibility index (Phi) is 3.44. The number of imidazole rings is 1. The van der Waals surface area contributed by atoms with Gasteiger partial charge in [-0.05, 0) is 12.1 Å². The molecule has 0 radical (unpaired) electrons. The lowest BCUT2D eigenvalue weighted by Crippen LogP contribution is -2.33. The highest BCUT2D eigenvalue weighted by Gasteiger charge is 2.38. The molecule has 4 nitrogen and oxygen atoms in total. The molecule has 1 aromatic carbocycles. The number of halogens is 3. The molecule has 19 heavy (non-hydrogen) atoms. The van der Waals surface area contributed by atoms with Crippen LogP contribution in [0.5, 0.6) is 0 Å². The second kappa shape index (κ2) is 4.90. The van der Waals surface area contributed by atoms with E-state index in [1.807, 2.05) is 6.07 Å². The van der Waals surface area contributed by atoms with Crippen LogP contribution < -0.4 is 0 Å². The Hall–Kier alpha value is -2.07. The monoisotopic (exact) mass is 269 g/mol. The number of hydrogen-bond donors (Lipinski definition) is 1. The molecule has 1 atom stereocenters. The lowest BCUT2D eigenvalue weighted by atomic mass is 10.3. The number of alkyl halides is 3. The van der Waals surface area contributed by atoms with Crippen LogP contribution in [0.3, 0.4) is 0 Å². The van der Waals surface area contributed by atoms with Crippen LogP contribution >= 0.6 is 0 Å². The summed E-state index contributed by atoms with van der Waals surface area (Å²) in [6.45, 7) is -0.666. The quantitative estimate of drug-likeness (QED) is 0.927. The molecule has 0 spiro atoms. The predicted molar refractivity (Wildman–Crippen MR) is 61.1 cm³/mol. The lowest BCUT2D eigenvalue weighted by Gasteiger charge is -2.16. The summed E-state index contributed by atoms with van der Waals surface area (Å²) in [4.78, 5) is 4.10. The second-order valence-corrected chi connectivity index (χ2v) is 4.02. The van der Waals surface area contributed by atoms with E-state index in [1.165, 1.54) is 4.57 Å². The van der Waals surface area contributed by atoms with E-state index in [2.05, 4.69) is 4.98 Å². The molecule has 0 aliphatic carbocycles. The third kappa shape index (κ3) is 2.69. The van der Waals surface area contributed by atoms with E-state index in [9.17, 15) is 13.2 Å². The largest absolute Gasteiger partial charge is 0.416 e. The van der Waals surface area contributed by atoms with Gasteiger partial charge in [0.2, 0.25) is 0 Å². The van der Waals surface area contributed by atoms with Crippen LogP contribution in [-0.4, -0.2) is 26.9 Å². The topological polar surface area (TPSA) is 61.8 Å². The minimum atomic E-state index is -4.70. The third-order valence-electron chi connectivity index (χ3n) is 2.70. The summed E-state index contributed by atoms with van der Waals surface area (Å²) >= 11 is 0. The Morgan fingerprint density at radius 3 is 2.68 bits per heavy atom. The number of hydrogen-bond acceptors (Lipinski definition) is 3. The molecule has 0 aliphatic heterocycles. The minimum Gasteiger partial charge on any atom is -0.382 e. The standard InChI is InChI=1S/C12H10F3N3O/c13-12(14,15)10(19)7-18-9-4-2-1-3-8(9)17-11(18)5-6-16/h1-4,10,19H,5,7H2. The number of nitriles is 1. The van der Waals surface area contributed by atoms with E-state index in [1.54, 1.807) is 24.3 Å². The molecule has 7 heteroatoms.